The second-order valence-corrected chi connectivity index (χ2v) is 4.54. The Morgan fingerprint density at radius 3 is 2.80 bits per heavy atom. The number of hydrogen-bond acceptors (Lipinski definition) is 3. The van der Waals surface area contributed by atoms with Crippen LogP contribution in [0.1, 0.15) is 19.0 Å². The van der Waals surface area contributed by atoms with E-state index >= 15 is 0 Å². The topological polar surface area (TPSA) is 59.0 Å². The predicted octanol–water partition coefficient (Wildman–Crippen LogP) is 1.49. The number of carbonyl (C=O) groups is 1. The van der Waals surface area contributed by atoms with Crippen LogP contribution in [-0.4, -0.2) is 28.8 Å². The van der Waals surface area contributed by atoms with E-state index in [4.69, 9.17) is 0 Å². The average Bonchev–Trinajstić information content (AvgIpc) is 2.95. The molecule has 1 aromatic heterocycles. The van der Waals surface area contributed by atoms with Gasteiger partial charge in [-0.15, -0.1) is 0 Å². The van der Waals surface area contributed by atoms with Crippen molar-refractivity contribution < 1.29 is 4.79 Å². The Balaban J connectivity index is 1.80. The maximum absolute atomic E-state index is 11.4. The summed E-state index contributed by atoms with van der Waals surface area (Å²) < 4.78 is 1.83. The summed E-state index contributed by atoms with van der Waals surface area (Å²) in [7, 11) is 0. The van der Waals surface area contributed by atoms with Gasteiger partial charge in [0.05, 0.1) is 17.9 Å². The van der Waals surface area contributed by atoms with E-state index in [2.05, 4.69) is 15.7 Å². The zero-order valence-electron chi connectivity index (χ0n) is 11.7. The molecule has 0 bridgehead atoms. The van der Waals surface area contributed by atoms with E-state index < -0.39 is 0 Å². The second kappa shape index (κ2) is 7.45. The molecule has 0 atom stereocenters. The fraction of sp³-hybridized carbons (Fsp3) is 0.333. The first-order chi connectivity index (χ1) is 9.79. The molecule has 0 spiro atoms. The summed E-state index contributed by atoms with van der Waals surface area (Å²) in [5.74, 6) is 0.0225. The van der Waals surface area contributed by atoms with E-state index in [0.717, 1.165) is 24.3 Å². The molecule has 0 aliphatic rings. The van der Waals surface area contributed by atoms with Gasteiger partial charge in [-0.05, 0) is 24.6 Å². The Morgan fingerprint density at radius 1 is 1.25 bits per heavy atom. The van der Waals surface area contributed by atoms with Crippen LogP contribution in [0.15, 0.2) is 42.6 Å². The molecule has 5 nitrogen and oxygen atoms in total. The molecule has 0 fully saturated rings. The van der Waals surface area contributed by atoms with Crippen molar-refractivity contribution in [3.8, 4) is 5.69 Å². The molecule has 2 aromatic rings. The van der Waals surface area contributed by atoms with Gasteiger partial charge in [0.15, 0.2) is 0 Å². The Hall–Kier alpha value is -2.14. The van der Waals surface area contributed by atoms with E-state index in [1.807, 2.05) is 54.2 Å². The highest BCUT2D eigenvalue weighted by atomic mass is 16.1. The quantitative estimate of drug-likeness (QED) is 0.803. The number of nitrogens with zero attached hydrogens (tertiary/aromatic N) is 2. The second-order valence-electron chi connectivity index (χ2n) is 4.54. The molecule has 1 aromatic carbocycles. The van der Waals surface area contributed by atoms with Crippen molar-refractivity contribution >= 4 is 5.91 Å². The van der Waals surface area contributed by atoms with Gasteiger partial charge in [0.25, 0.3) is 0 Å². The Morgan fingerprint density at radius 2 is 2.05 bits per heavy atom. The first-order valence-electron chi connectivity index (χ1n) is 6.87. The van der Waals surface area contributed by atoms with Crippen LogP contribution < -0.4 is 10.6 Å². The zero-order chi connectivity index (χ0) is 14.2. The van der Waals surface area contributed by atoms with E-state index in [9.17, 15) is 4.79 Å². The van der Waals surface area contributed by atoms with Crippen molar-refractivity contribution in [3.63, 3.8) is 0 Å². The lowest BCUT2D eigenvalue weighted by Crippen LogP contribution is -2.34. The van der Waals surface area contributed by atoms with Crippen LogP contribution in [-0.2, 0) is 11.3 Å². The Kier molecular flexibility index (Phi) is 5.32. The van der Waals surface area contributed by atoms with E-state index in [0.29, 0.717) is 13.1 Å². The lowest BCUT2D eigenvalue weighted by molar-refractivity contribution is -0.120. The SMILES string of the molecule is CCCNC(=O)CNCc1ccn(-c2ccccc2)n1. The van der Waals surface area contributed by atoms with Gasteiger partial charge in [0.2, 0.25) is 5.91 Å². The molecule has 0 saturated carbocycles. The van der Waals surface area contributed by atoms with Crippen molar-refractivity contribution in [1.82, 2.24) is 20.4 Å². The summed E-state index contributed by atoms with van der Waals surface area (Å²) in [4.78, 5) is 11.4. The lowest BCUT2D eigenvalue weighted by Gasteiger charge is -2.04. The molecule has 2 rings (SSSR count). The van der Waals surface area contributed by atoms with Gasteiger partial charge < -0.3 is 10.6 Å². The van der Waals surface area contributed by atoms with E-state index in [1.54, 1.807) is 0 Å². The maximum Gasteiger partial charge on any atom is 0.233 e. The summed E-state index contributed by atoms with van der Waals surface area (Å²) in [6.07, 6.45) is 2.87. The largest absolute Gasteiger partial charge is 0.355 e. The number of nitrogens with one attached hydrogen (secondary N) is 2. The van der Waals surface area contributed by atoms with Crippen molar-refractivity contribution in [2.75, 3.05) is 13.1 Å². The highest BCUT2D eigenvalue weighted by molar-refractivity contribution is 5.77. The smallest absolute Gasteiger partial charge is 0.233 e. The van der Waals surface area contributed by atoms with Gasteiger partial charge >= 0.3 is 0 Å². The normalized spacial score (nSPS) is 10.4. The predicted molar refractivity (Wildman–Crippen MR) is 78.6 cm³/mol. The monoisotopic (exact) mass is 272 g/mol. The van der Waals surface area contributed by atoms with E-state index in [1.165, 1.54) is 0 Å². The molecule has 106 valence electrons. The molecule has 20 heavy (non-hydrogen) atoms. The number of rotatable bonds is 7. The number of amides is 1. The fourth-order valence-corrected chi connectivity index (χ4v) is 1.81. The molecular formula is C15H20N4O. The van der Waals surface area contributed by atoms with Gasteiger partial charge in [0, 0.05) is 19.3 Å². The van der Waals surface area contributed by atoms with Crippen LogP contribution in [0.5, 0.6) is 0 Å². The molecule has 0 aliphatic carbocycles. The molecular weight excluding hydrogens is 252 g/mol. The van der Waals surface area contributed by atoms with E-state index in [-0.39, 0.29) is 5.91 Å². The van der Waals surface area contributed by atoms with Crippen molar-refractivity contribution in [2.24, 2.45) is 0 Å². The summed E-state index contributed by atoms with van der Waals surface area (Å²) in [5, 5.41) is 10.4. The minimum Gasteiger partial charge on any atom is -0.355 e. The van der Waals surface area contributed by atoms with Crippen molar-refractivity contribution in [1.29, 1.82) is 0 Å². The van der Waals surface area contributed by atoms with Crippen LogP contribution >= 0.6 is 0 Å². The third kappa shape index (κ3) is 4.20. The number of aromatic nitrogens is 2. The first kappa shape index (κ1) is 14.3. The zero-order valence-corrected chi connectivity index (χ0v) is 11.7. The molecule has 0 aliphatic heterocycles. The fourth-order valence-electron chi connectivity index (χ4n) is 1.81. The van der Waals surface area contributed by atoms with Gasteiger partial charge in [-0.1, -0.05) is 25.1 Å². The highest BCUT2D eigenvalue weighted by Gasteiger charge is 2.02. The third-order valence-electron chi connectivity index (χ3n) is 2.83. The van der Waals surface area contributed by atoms with Crippen LogP contribution in [0, 0.1) is 0 Å². The molecule has 1 amide bonds. The first-order valence-corrected chi connectivity index (χ1v) is 6.87. The molecule has 2 N–H and O–H groups in total. The maximum atomic E-state index is 11.4. The van der Waals surface area contributed by atoms with Crippen LogP contribution in [0.3, 0.4) is 0 Å². The van der Waals surface area contributed by atoms with Gasteiger partial charge in [0.1, 0.15) is 0 Å². The number of benzene rings is 1. The lowest BCUT2D eigenvalue weighted by atomic mass is 10.3. The summed E-state index contributed by atoms with van der Waals surface area (Å²) >= 11 is 0. The van der Waals surface area contributed by atoms with Gasteiger partial charge in [-0.2, -0.15) is 5.10 Å². The van der Waals surface area contributed by atoms with Gasteiger partial charge in [-0.3, -0.25) is 4.79 Å². The minimum absolute atomic E-state index is 0.0225. The van der Waals surface area contributed by atoms with Crippen LogP contribution in [0.2, 0.25) is 0 Å². The highest BCUT2D eigenvalue weighted by Crippen LogP contribution is 2.06. The standard InChI is InChI=1S/C15H20N4O/c1-2-9-17-15(20)12-16-11-13-8-10-19(18-13)14-6-4-3-5-7-14/h3-8,10,16H,2,9,11-12H2,1H3,(H,17,20). The van der Waals surface area contributed by atoms with Crippen LogP contribution in [0.4, 0.5) is 0 Å². The minimum atomic E-state index is 0.0225. The third-order valence-corrected chi connectivity index (χ3v) is 2.83. The van der Waals surface area contributed by atoms with Crippen molar-refractivity contribution in [2.45, 2.75) is 19.9 Å². The Labute approximate surface area is 119 Å². The molecule has 0 saturated heterocycles. The van der Waals surface area contributed by atoms with Gasteiger partial charge in [-0.25, -0.2) is 4.68 Å². The van der Waals surface area contributed by atoms with Crippen LogP contribution in [0.25, 0.3) is 5.69 Å². The summed E-state index contributed by atoms with van der Waals surface area (Å²) in [6.45, 7) is 3.66. The number of carbonyl (C=O) groups excluding carboxylic acids is 1. The average molecular weight is 272 g/mol. The summed E-state index contributed by atoms with van der Waals surface area (Å²) in [6, 6.07) is 11.9. The molecule has 5 heteroatoms. The van der Waals surface area contributed by atoms with Crippen molar-refractivity contribution in [3.05, 3.63) is 48.3 Å². The summed E-state index contributed by atoms with van der Waals surface area (Å²) in [5.41, 5.74) is 1.94. The molecule has 0 unspecified atom stereocenters. The Bertz CT molecular complexity index is 536. The molecule has 1 heterocycles. The number of hydrogen-bond donors (Lipinski definition) is 2. The molecule has 0 radical (unpaired) electrons. The number of para-hydroxylation sites is 1.